The van der Waals surface area contributed by atoms with E-state index >= 15 is 0 Å². The number of amides is 1. The van der Waals surface area contributed by atoms with Crippen molar-refractivity contribution < 1.29 is 9.53 Å². The highest BCUT2D eigenvalue weighted by Crippen LogP contribution is 2.50. The van der Waals surface area contributed by atoms with Gasteiger partial charge in [-0.05, 0) is 85.9 Å². The van der Waals surface area contributed by atoms with E-state index in [2.05, 4.69) is 26.6 Å². The summed E-state index contributed by atoms with van der Waals surface area (Å²) < 4.78 is 7.45. The second-order valence-electron chi connectivity index (χ2n) is 8.05. The average Bonchev–Trinajstić information content (AvgIpc) is 2.77. The largest absolute Gasteiger partial charge is 0.467 e. The van der Waals surface area contributed by atoms with Crippen LogP contribution in [0.15, 0.2) is 71.2 Å². The van der Waals surface area contributed by atoms with Gasteiger partial charge in [0.05, 0.1) is 6.04 Å². The van der Waals surface area contributed by atoms with E-state index in [0.717, 1.165) is 15.7 Å². The summed E-state index contributed by atoms with van der Waals surface area (Å²) in [4.78, 5) is 15.6. The topological polar surface area (TPSA) is 53.6 Å². The molecule has 0 aliphatic carbocycles. The molecule has 0 unspecified atom stereocenters. The number of anilines is 2. The highest BCUT2D eigenvalue weighted by Gasteiger charge is 2.59. The Hall–Kier alpha value is -2.32. The Morgan fingerprint density at radius 3 is 2.39 bits per heavy atom. The Bertz CT molecular complexity index is 1260. The Balaban J connectivity index is 1.62. The van der Waals surface area contributed by atoms with Crippen molar-refractivity contribution in [3.8, 4) is 5.75 Å². The van der Waals surface area contributed by atoms with Gasteiger partial charge in [0.15, 0.2) is 10.8 Å². The standard InChI is InChI=1S/C24H18BrCl2N3O2S/c1-24-20(22(31)28-16-7-3-14(26)4-8-16)21(18-12-13(25)2-11-19(18)32-24)29-23(33)30(24)17-9-5-15(27)6-10-17/h2-12,20-21H,1H3,(H,28,31)(H,29,33)/t20-,21+,24+/m0/s1. The van der Waals surface area contributed by atoms with E-state index in [4.69, 9.17) is 40.2 Å². The van der Waals surface area contributed by atoms with E-state index in [1.807, 2.05) is 42.2 Å². The summed E-state index contributed by atoms with van der Waals surface area (Å²) in [5.74, 6) is -0.156. The van der Waals surface area contributed by atoms with Gasteiger partial charge in [-0.15, -0.1) is 0 Å². The molecule has 3 atom stereocenters. The minimum atomic E-state index is -1.10. The number of halogens is 3. The monoisotopic (exact) mass is 561 g/mol. The molecule has 0 aromatic heterocycles. The molecule has 0 saturated carbocycles. The number of ether oxygens (including phenoxy) is 1. The Labute approximate surface area is 215 Å². The molecule has 3 aromatic carbocycles. The molecule has 1 saturated heterocycles. The predicted molar refractivity (Wildman–Crippen MR) is 139 cm³/mol. The number of benzene rings is 3. The highest BCUT2D eigenvalue weighted by molar-refractivity contribution is 9.10. The minimum Gasteiger partial charge on any atom is -0.467 e. The zero-order chi connectivity index (χ0) is 23.3. The second kappa shape index (κ2) is 8.47. The Kier molecular flexibility index (Phi) is 5.77. The van der Waals surface area contributed by atoms with Gasteiger partial charge >= 0.3 is 0 Å². The molecule has 5 rings (SSSR count). The van der Waals surface area contributed by atoms with Crippen LogP contribution in [0.5, 0.6) is 5.75 Å². The van der Waals surface area contributed by atoms with Crippen molar-refractivity contribution in [1.82, 2.24) is 5.32 Å². The first kappa shape index (κ1) is 22.5. The smallest absolute Gasteiger partial charge is 0.236 e. The molecule has 2 aliphatic heterocycles. The van der Waals surface area contributed by atoms with Crippen LogP contribution in [0.25, 0.3) is 0 Å². The van der Waals surface area contributed by atoms with Gasteiger partial charge in [0.2, 0.25) is 5.91 Å². The third kappa shape index (κ3) is 3.97. The van der Waals surface area contributed by atoms with Crippen molar-refractivity contribution in [2.24, 2.45) is 5.92 Å². The van der Waals surface area contributed by atoms with Crippen LogP contribution in [-0.4, -0.2) is 16.7 Å². The number of thiocarbonyl (C=S) groups is 1. The summed E-state index contributed by atoms with van der Waals surface area (Å²) in [7, 11) is 0. The number of hydrogen-bond acceptors (Lipinski definition) is 3. The summed E-state index contributed by atoms with van der Waals surface area (Å²) in [6, 6.07) is 19.7. The molecule has 2 aliphatic rings. The third-order valence-corrected chi connectivity index (χ3v) is 7.24. The molecular weight excluding hydrogens is 545 g/mol. The molecule has 2 N–H and O–H groups in total. The molecule has 33 heavy (non-hydrogen) atoms. The third-order valence-electron chi connectivity index (χ3n) is 5.94. The number of carbonyl (C=O) groups excluding carboxylic acids is 1. The van der Waals surface area contributed by atoms with Crippen LogP contribution in [-0.2, 0) is 4.79 Å². The lowest BCUT2D eigenvalue weighted by Crippen LogP contribution is -2.72. The van der Waals surface area contributed by atoms with Gasteiger partial charge in [0.25, 0.3) is 0 Å². The minimum absolute atomic E-state index is 0.204. The lowest BCUT2D eigenvalue weighted by molar-refractivity contribution is -0.130. The average molecular weight is 563 g/mol. The lowest BCUT2D eigenvalue weighted by atomic mass is 9.78. The number of rotatable bonds is 3. The quantitative estimate of drug-likeness (QED) is 0.354. The fourth-order valence-corrected chi connectivity index (χ4v) is 5.53. The van der Waals surface area contributed by atoms with E-state index in [0.29, 0.717) is 26.6 Å². The van der Waals surface area contributed by atoms with E-state index in [1.54, 1.807) is 36.4 Å². The predicted octanol–water partition coefficient (Wildman–Crippen LogP) is 6.56. The van der Waals surface area contributed by atoms with Crippen LogP contribution < -0.4 is 20.3 Å². The first-order valence-electron chi connectivity index (χ1n) is 10.2. The molecular formula is C24H18BrCl2N3O2S. The molecule has 2 bridgehead atoms. The summed E-state index contributed by atoms with van der Waals surface area (Å²) in [5.41, 5.74) is 1.17. The van der Waals surface area contributed by atoms with Crippen LogP contribution in [0, 0.1) is 5.92 Å². The molecule has 0 radical (unpaired) electrons. The first-order valence-corrected chi connectivity index (χ1v) is 12.1. The van der Waals surface area contributed by atoms with Crippen molar-refractivity contribution in [3.05, 3.63) is 86.8 Å². The SMILES string of the molecule is C[C@]12Oc3ccc(Br)cc3[C@@H](NC(=S)N1c1ccc(Cl)cc1)[C@H]2C(=O)Nc1ccc(Cl)cc1. The number of carbonyl (C=O) groups is 1. The molecule has 168 valence electrons. The second-order valence-corrected chi connectivity index (χ2v) is 10.2. The van der Waals surface area contributed by atoms with Crippen LogP contribution in [0.4, 0.5) is 11.4 Å². The maximum Gasteiger partial charge on any atom is 0.236 e. The van der Waals surface area contributed by atoms with Gasteiger partial charge in [-0.25, -0.2) is 0 Å². The van der Waals surface area contributed by atoms with Gasteiger partial charge < -0.3 is 15.4 Å². The Morgan fingerprint density at radius 2 is 1.73 bits per heavy atom. The number of nitrogens with zero attached hydrogens (tertiary/aromatic N) is 1. The normalized spacial score (nSPS) is 23.3. The Morgan fingerprint density at radius 1 is 1.09 bits per heavy atom. The maximum atomic E-state index is 13.7. The van der Waals surface area contributed by atoms with Crippen LogP contribution in [0.3, 0.4) is 0 Å². The molecule has 9 heteroatoms. The van der Waals surface area contributed by atoms with Gasteiger partial charge in [0.1, 0.15) is 11.7 Å². The maximum absolute atomic E-state index is 13.7. The van der Waals surface area contributed by atoms with E-state index in [9.17, 15) is 4.79 Å². The van der Waals surface area contributed by atoms with Crippen molar-refractivity contribution in [2.75, 3.05) is 10.2 Å². The molecule has 1 fully saturated rings. The number of hydrogen-bond donors (Lipinski definition) is 2. The van der Waals surface area contributed by atoms with E-state index in [1.165, 1.54) is 0 Å². The number of fused-ring (bicyclic) bond motifs is 4. The zero-order valence-electron chi connectivity index (χ0n) is 17.3. The van der Waals surface area contributed by atoms with Crippen molar-refractivity contribution in [2.45, 2.75) is 18.7 Å². The van der Waals surface area contributed by atoms with Gasteiger partial charge in [-0.2, -0.15) is 0 Å². The summed E-state index contributed by atoms with van der Waals surface area (Å²) in [6.45, 7) is 1.89. The molecule has 0 spiro atoms. The van der Waals surface area contributed by atoms with Gasteiger partial charge in [-0.3, -0.25) is 9.69 Å². The van der Waals surface area contributed by atoms with E-state index < -0.39 is 11.6 Å². The lowest BCUT2D eigenvalue weighted by Gasteiger charge is -2.56. The summed E-state index contributed by atoms with van der Waals surface area (Å²) in [5, 5.41) is 8.07. The number of nitrogens with one attached hydrogen (secondary N) is 2. The summed E-state index contributed by atoms with van der Waals surface area (Å²) in [6.07, 6.45) is 0. The molecule has 5 nitrogen and oxygen atoms in total. The van der Waals surface area contributed by atoms with Crippen LogP contribution >= 0.6 is 51.3 Å². The molecule has 3 aromatic rings. The van der Waals surface area contributed by atoms with Crippen LogP contribution in [0.1, 0.15) is 18.5 Å². The zero-order valence-corrected chi connectivity index (χ0v) is 21.2. The summed E-state index contributed by atoms with van der Waals surface area (Å²) >= 11 is 21.4. The van der Waals surface area contributed by atoms with E-state index in [-0.39, 0.29) is 11.9 Å². The molecule has 2 heterocycles. The van der Waals surface area contributed by atoms with Gasteiger partial charge in [0, 0.05) is 31.5 Å². The highest BCUT2D eigenvalue weighted by atomic mass is 79.9. The van der Waals surface area contributed by atoms with Gasteiger partial charge in [-0.1, -0.05) is 39.1 Å². The first-order chi connectivity index (χ1) is 15.8. The molecule has 1 amide bonds. The van der Waals surface area contributed by atoms with Crippen molar-refractivity contribution in [3.63, 3.8) is 0 Å². The fraction of sp³-hybridized carbons (Fsp3) is 0.167. The van der Waals surface area contributed by atoms with Crippen molar-refractivity contribution >= 4 is 73.7 Å². The van der Waals surface area contributed by atoms with Crippen molar-refractivity contribution in [1.29, 1.82) is 0 Å². The fourth-order valence-electron chi connectivity index (χ4n) is 4.49. The van der Waals surface area contributed by atoms with Crippen LogP contribution in [0.2, 0.25) is 10.0 Å².